The highest BCUT2D eigenvalue weighted by molar-refractivity contribution is 9.10. The maximum Gasteiger partial charge on any atom is 0.188 e. The fourth-order valence-electron chi connectivity index (χ4n) is 0.826. The van der Waals surface area contributed by atoms with Gasteiger partial charge >= 0.3 is 0 Å². The summed E-state index contributed by atoms with van der Waals surface area (Å²) in [4.78, 5) is 11.1. The van der Waals surface area contributed by atoms with Gasteiger partial charge in [0.2, 0.25) is 0 Å². The first kappa shape index (κ1) is 10.4. The van der Waals surface area contributed by atoms with Crippen molar-refractivity contribution >= 4 is 33.3 Å². The summed E-state index contributed by atoms with van der Waals surface area (Å²) in [5, 5.41) is -0.0901. The minimum Gasteiger partial charge on any atom is -0.289 e. The molecule has 13 heavy (non-hydrogen) atoms. The van der Waals surface area contributed by atoms with Crippen LogP contribution in [0.15, 0.2) is 29.3 Å². The third-order valence-electron chi connectivity index (χ3n) is 1.49. The number of carbonyl (C=O) groups is 1. The Morgan fingerprint density at radius 1 is 1.62 bits per heavy atom. The standard InChI is InChI=1S/C9H5BrClFO/c1-2-7(13)5-3-4-6(10)8(11)9(5)12/h2-4H,1H2. The quantitative estimate of drug-likeness (QED) is 0.452. The first-order valence-electron chi connectivity index (χ1n) is 3.38. The maximum absolute atomic E-state index is 13.3. The molecule has 0 N–H and O–H groups in total. The van der Waals surface area contributed by atoms with E-state index in [-0.39, 0.29) is 10.6 Å². The van der Waals surface area contributed by atoms with Crippen LogP contribution in [0.3, 0.4) is 0 Å². The van der Waals surface area contributed by atoms with Crippen LogP contribution in [0.4, 0.5) is 4.39 Å². The van der Waals surface area contributed by atoms with Gasteiger partial charge < -0.3 is 0 Å². The van der Waals surface area contributed by atoms with Crippen LogP contribution in [0.5, 0.6) is 0 Å². The molecule has 0 heterocycles. The van der Waals surface area contributed by atoms with Gasteiger partial charge in [-0.1, -0.05) is 18.2 Å². The molecule has 68 valence electrons. The van der Waals surface area contributed by atoms with Crippen LogP contribution in [-0.2, 0) is 0 Å². The average Bonchev–Trinajstić information content (AvgIpc) is 2.13. The highest BCUT2D eigenvalue weighted by Gasteiger charge is 2.13. The van der Waals surface area contributed by atoms with Crippen molar-refractivity contribution in [2.75, 3.05) is 0 Å². The van der Waals surface area contributed by atoms with Gasteiger partial charge in [0.15, 0.2) is 11.6 Å². The molecule has 0 aliphatic rings. The molecule has 0 amide bonds. The summed E-state index contributed by atoms with van der Waals surface area (Å²) < 4.78 is 13.7. The fraction of sp³-hybridized carbons (Fsp3) is 0. The first-order valence-corrected chi connectivity index (χ1v) is 4.55. The number of rotatable bonds is 2. The fourth-order valence-corrected chi connectivity index (χ4v) is 1.30. The van der Waals surface area contributed by atoms with E-state index in [1.165, 1.54) is 12.1 Å². The minimum absolute atomic E-state index is 0.0665. The van der Waals surface area contributed by atoms with Crippen molar-refractivity contribution in [2.24, 2.45) is 0 Å². The predicted octanol–water partition coefficient (Wildman–Crippen LogP) is 3.61. The van der Waals surface area contributed by atoms with Crippen molar-refractivity contribution in [1.82, 2.24) is 0 Å². The SMILES string of the molecule is C=CC(=O)c1ccc(Br)c(Cl)c1F. The van der Waals surface area contributed by atoms with Gasteiger partial charge in [0.05, 0.1) is 10.6 Å². The second-order valence-electron chi connectivity index (χ2n) is 2.29. The van der Waals surface area contributed by atoms with Crippen molar-refractivity contribution in [2.45, 2.75) is 0 Å². The van der Waals surface area contributed by atoms with Gasteiger partial charge in [0.1, 0.15) is 0 Å². The largest absolute Gasteiger partial charge is 0.289 e. The van der Waals surface area contributed by atoms with Crippen molar-refractivity contribution in [3.05, 3.63) is 45.7 Å². The molecule has 0 saturated heterocycles. The normalized spacial score (nSPS) is 9.77. The molecule has 0 aliphatic heterocycles. The number of hydrogen-bond acceptors (Lipinski definition) is 1. The van der Waals surface area contributed by atoms with Crippen LogP contribution < -0.4 is 0 Å². The van der Waals surface area contributed by atoms with Crippen molar-refractivity contribution in [3.8, 4) is 0 Å². The van der Waals surface area contributed by atoms with E-state index in [9.17, 15) is 9.18 Å². The Balaban J connectivity index is 3.33. The summed E-state index contributed by atoms with van der Waals surface area (Å²) in [7, 11) is 0. The highest BCUT2D eigenvalue weighted by atomic mass is 79.9. The summed E-state index contributed by atoms with van der Waals surface area (Å²) in [5.74, 6) is -1.20. The van der Waals surface area contributed by atoms with E-state index in [2.05, 4.69) is 22.5 Å². The zero-order chi connectivity index (χ0) is 10.0. The Hall–Kier alpha value is -0.670. The topological polar surface area (TPSA) is 17.1 Å². The highest BCUT2D eigenvalue weighted by Crippen LogP contribution is 2.27. The Morgan fingerprint density at radius 2 is 2.23 bits per heavy atom. The Labute approximate surface area is 88.3 Å². The van der Waals surface area contributed by atoms with Gasteiger partial charge in [-0.2, -0.15) is 0 Å². The predicted molar refractivity (Wildman–Crippen MR) is 53.6 cm³/mol. The van der Waals surface area contributed by atoms with Crippen LogP contribution in [-0.4, -0.2) is 5.78 Å². The van der Waals surface area contributed by atoms with Crippen LogP contribution in [0.25, 0.3) is 0 Å². The number of allylic oxidation sites excluding steroid dienone is 1. The van der Waals surface area contributed by atoms with E-state index in [1.807, 2.05) is 0 Å². The molecule has 1 aromatic rings. The van der Waals surface area contributed by atoms with Gasteiger partial charge in [0.25, 0.3) is 0 Å². The van der Waals surface area contributed by atoms with Gasteiger partial charge in [-0.15, -0.1) is 0 Å². The minimum atomic E-state index is -0.721. The molecule has 0 unspecified atom stereocenters. The zero-order valence-electron chi connectivity index (χ0n) is 6.48. The molecule has 0 saturated carbocycles. The Kier molecular flexibility index (Phi) is 3.22. The van der Waals surface area contributed by atoms with E-state index in [0.29, 0.717) is 4.47 Å². The maximum atomic E-state index is 13.3. The molecule has 1 rings (SSSR count). The van der Waals surface area contributed by atoms with Crippen LogP contribution in [0, 0.1) is 5.82 Å². The molecule has 0 aromatic heterocycles. The molecule has 1 aromatic carbocycles. The Bertz CT molecular complexity index is 376. The van der Waals surface area contributed by atoms with Gasteiger partial charge in [0, 0.05) is 4.47 Å². The molecular weight excluding hydrogens is 258 g/mol. The van der Waals surface area contributed by atoms with E-state index in [1.54, 1.807) is 0 Å². The zero-order valence-corrected chi connectivity index (χ0v) is 8.82. The molecule has 1 nitrogen and oxygen atoms in total. The van der Waals surface area contributed by atoms with E-state index in [4.69, 9.17) is 11.6 Å². The van der Waals surface area contributed by atoms with Gasteiger partial charge in [-0.05, 0) is 34.1 Å². The number of carbonyl (C=O) groups excluding carboxylic acids is 1. The lowest BCUT2D eigenvalue weighted by molar-refractivity contribution is 0.104. The van der Waals surface area contributed by atoms with Crippen molar-refractivity contribution < 1.29 is 9.18 Å². The van der Waals surface area contributed by atoms with Gasteiger partial charge in [-0.25, -0.2) is 4.39 Å². The van der Waals surface area contributed by atoms with Crippen molar-refractivity contribution in [1.29, 1.82) is 0 Å². The van der Waals surface area contributed by atoms with Crippen LogP contribution in [0.2, 0.25) is 5.02 Å². The summed E-state index contributed by atoms with van der Waals surface area (Å²) in [6, 6.07) is 2.87. The second-order valence-corrected chi connectivity index (χ2v) is 3.52. The molecule has 0 fully saturated rings. The number of halogens is 3. The second kappa shape index (κ2) is 4.03. The molecule has 0 atom stereocenters. The summed E-state index contributed by atoms with van der Waals surface area (Å²) in [6.07, 6.45) is 1.04. The number of hydrogen-bond donors (Lipinski definition) is 0. The third kappa shape index (κ3) is 1.98. The number of ketones is 1. The lowest BCUT2D eigenvalue weighted by atomic mass is 10.1. The van der Waals surface area contributed by atoms with Gasteiger partial charge in [-0.3, -0.25) is 4.79 Å². The monoisotopic (exact) mass is 262 g/mol. The van der Waals surface area contributed by atoms with Crippen LogP contribution in [0.1, 0.15) is 10.4 Å². The summed E-state index contributed by atoms with van der Waals surface area (Å²) in [5.41, 5.74) is -0.0665. The molecular formula is C9H5BrClFO. The van der Waals surface area contributed by atoms with E-state index in [0.717, 1.165) is 6.08 Å². The molecule has 0 bridgehead atoms. The van der Waals surface area contributed by atoms with Crippen LogP contribution >= 0.6 is 27.5 Å². The Morgan fingerprint density at radius 3 is 2.77 bits per heavy atom. The van der Waals surface area contributed by atoms with Crippen molar-refractivity contribution in [3.63, 3.8) is 0 Å². The third-order valence-corrected chi connectivity index (χ3v) is 2.74. The molecule has 0 radical (unpaired) electrons. The lowest BCUT2D eigenvalue weighted by Gasteiger charge is -2.01. The first-order chi connectivity index (χ1) is 6.07. The summed E-state index contributed by atoms with van der Waals surface area (Å²) >= 11 is 8.62. The molecule has 0 aliphatic carbocycles. The number of benzene rings is 1. The molecule has 0 spiro atoms. The van der Waals surface area contributed by atoms with E-state index >= 15 is 0 Å². The molecule has 4 heteroatoms. The smallest absolute Gasteiger partial charge is 0.188 e. The summed E-state index contributed by atoms with van der Waals surface area (Å²) in [6.45, 7) is 3.26. The average molecular weight is 263 g/mol. The lowest BCUT2D eigenvalue weighted by Crippen LogP contribution is -1.98. The van der Waals surface area contributed by atoms with E-state index < -0.39 is 11.6 Å².